The predicted molar refractivity (Wildman–Crippen MR) is 77.1 cm³/mol. The summed E-state index contributed by atoms with van der Waals surface area (Å²) in [4.78, 5) is 39.6. The molecule has 2 rings (SSSR count). The highest BCUT2D eigenvalue weighted by molar-refractivity contribution is 5.78. The number of carbonyl (C=O) groups excluding carboxylic acids is 1. The van der Waals surface area contributed by atoms with E-state index < -0.39 is 73.6 Å². The minimum atomic E-state index is -3.19. The number of H-pyrrole nitrogens is 1. The third-order valence-corrected chi connectivity index (χ3v) is 2.81. The van der Waals surface area contributed by atoms with E-state index in [0.717, 1.165) is 6.20 Å². The minimum absolute atomic E-state index is 0.251. The Kier molecular flexibility index (Phi) is 1.57. The molecule has 6 heteroatoms. The van der Waals surface area contributed by atoms with Crippen molar-refractivity contribution in [3.63, 3.8) is 0 Å². The topological polar surface area (TPSA) is 76.9 Å². The van der Waals surface area contributed by atoms with Gasteiger partial charge in [-0.3, -0.25) is 13.9 Å². The lowest BCUT2D eigenvalue weighted by Crippen LogP contribution is -2.39. The van der Waals surface area contributed by atoms with E-state index in [4.69, 9.17) is 15.1 Å². The summed E-state index contributed by atoms with van der Waals surface area (Å²) >= 11 is 0. The van der Waals surface area contributed by atoms with Gasteiger partial charge in [0, 0.05) is 41.2 Å². The van der Waals surface area contributed by atoms with Crippen LogP contribution >= 0.6 is 0 Å². The monoisotopic (exact) mass is 288 g/mol. The second-order valence-electron chi connectivity index (χ2n) is 4.11. The highest BCUT2D eigenvalue weighted by Gasteiger charge is 2.13. The lowest BCUT2D eigenvalue weighted by atomic mass is 10.2. The van der Waals surface area contributed by atoms with Crippen molar-refractivity contribution < 1.29 is 19.9 Å². The Morgan fingerprint density at radius 2 is 2.30 bits per heavy atom. The van der Waals surface area contributed by atoms with Gasteiger partial charge in [0.25, 0.3) is 5.56 Å². The molecular weight excluding hydrogens is 258 g/mol. The number of aromatic amines is 1. The lowest BCUT2D eigenvalue weighted by Gasteiger charge is -2.08. The van der Waals surface area contributed by atoms with E-state index in [2.05, 4.69) is 4.98 Å². The van der Waals surface area contributed by atoms with Gasteiger partial charge in [-0.25, -0.2) is 4.79 Å². The first-order valence-corrected chi connectivity index (χ1v) is 5.73. The molecule has 0 aliphatic carbocycles. The number of Topliss-reactive ketones (excluding diaryl/α,β-unsaturated/α-hetero) is 1. The van der Waals surface area contributed by atoms with Gasteiger partial charge in [-0.1, -0.05) is 0 Å². The molecule has 0 unspecified atom stereocenters. The van der Waals surface area contributed by atoms with Crippen molar-refractivity contribution in [2.24, 2.45) is 6.98 Å². The minimum Gasteiger partial charge on any atom is -0.347 e. The Balaban J connectivity index is 2.58. The van der Waals surface area contributed by atoms with Crippen LogP contribution in [-0.4, -0.2) is 19.9 Å². The van der Waals surface area contributed by atoms with Crippen LogP contribution < -0.4 is 11.2 Å². The number of aryl methyl sites for hydroxylation is 2. The zero-order chi connectivity index (χ0) is 24.2. The number of rotatable bonds is 5. The quantitative estimate of drug-likeness (QED) is 0.895. The van der Waals surface area contributed by atoms with Crippen LogP contribution in [0.25, 0.3) is 11.0 Å². The maximum Gasteiger partial charge on any atom is 0.332 e. The number of fused-ring (bicyclic) bond motifs is 1. The molecule has 0 fully saturated rings. The zero-order valence-electron chi connectivity index (χ0n) is 21.3. The number of aromatic nitrogens is 3. The molecule has 108 valence electrons. The number of nitrogens with one attached hydrogen (secondary N) is 1. The molecule has 0 amide bonds. The third kappa shape index (κ3) is 2.45. The fourth-order valence-electron chi connectivity index (χ4n) is 1.88. The van der Waals surface area contributed by atoms with Crippen LogP contribution in [0.2, 0.25) is 0 Å². The van der Waals surface area contributed by atoms with Crippen molar-refractivity contribution in [2.75, 3.05) is 0 Å². The summed E-state index contributed by atoms with van der Waals surface area (Å²) in [5.74, 6) is -1.64. The van der Waals surface area contributed by atoms with E-state index >= 15 is 0 Å². The average molecular weight is 288 g/mol. The summed E-state index contributed by atoms with van der Waals surface area (Å²) in [7, 11) is 0. The fraction of sp³-hybridized carbons (Fsp3) is 0.500. The van der Waals surface area contributed by atoms with Gasteiger partial charge in [-0.15, -0.1) is 0 Å². The molecule has 20 heavy (non-hydrogen) atoms. The van der Waals surface area contributed by atoms with Crippen LogP contribution in [0.4, 0.5) is 0 Å². The van der Waals surface area contributed by atoms with Crippen LogP contribution in [0, 0.1) is 6.85 Å². The van der Waals surface area contributed by atoms with Gasteiger partial charge in [-0.05, 0) is 32.1 Å². The van der Waals surface area contributed by atoms with Gasteiger partial charge in [-0.2, -0.15) is 0 Å². The maximum absolute atomic E-state index is 12.9. The van der Waals surface area contributed by atoms with Gasteiger partial charge < -0.3 is 9.78 Å². The number of carbonyl (C=O) groups is 1. The predicted octanol–water partition coefficient (Wildman–Crippen LogP) is 1.10. The molecule has 0 saturated heterocycles. The van der Waals surface area contributed by atoms with Crippen molar-refractivity contribution in [1.82, 2.24) is 14.1 Å². The first kappa shape index (κ1) is 5.71. The first-order valence-electron chi connectivity index (χ1n) is 11.2. The Morgan fingerprint density at radius 1 is 1.45 bits per heavy atom. The van der Waals surface area contributed by atoms with Gasteiger partial charge in [0.05, 0.1) is 5.39 Å². The molecule has 2 aromatic heterocycles. The van der Waals surface area contributed by atoms with Crippen LogP contribution in [-0.2, 0) is 18.3 Å². The zero-order valence-corrected chi connectivity index (χ0v) is 10.3. The number of hydrogen-bond donors (Lipinski definition) is 1. The molecule has 0 bridgehead atoms. The van der Waals surface area contributed by atoms with E-state index in [-0.39, 0.29) is 11.0 Å². The van der Waals surface area contributed by atoms with E-state index in [1.54, 1.807) is 0 Å². The third-order valence-electron chi connectivity index (χ3n) is 2.81. The van der Waals surface area contributed by atoms with E-state index in [1.807, 2.05) is 0 Å². The molecule has 0 saturated carbocycles. The Labute approximate surface area is 131 Å². The van der Waals surface area contributed by atoms with Gasteiger partial charge in [0.15, 0.2) is 0 Å². The molecular formula is C14H19N3O3. The van der Waals surface area contributed by atoms with Crippen LogP contribution in [0.15, 0.2) is 15.8 Å². The van der Waals surface area contributed by atoms with Crippen molar-refractivity contribution in [1.29, 1.82) is 0 Å². The van der Waals surface area contributed by atoms with Crippen LogP contribution in [0.1, 0.15) is 46.7 Å². The van der Waals surface area contributed by atoms with Crippen LogP contribution in [0.5, 0.6) is 0 Å². The summed E-state index contributed by atoms with van der Waals surface area (Å²) in [6, 6.07) is 0. The largest absolute Gasteiger partial charge is 0.347 e. The summed E-state index contributed by atoms with van der Waals surface area (Å²) in [6.07, 6.45) is -2.90. The normalized spacial score (nSPS) is 21.9. The molecule has 0 radical (unpaired) electrons. The fourth-order valence-corrected chi connectivity index (χ4v) is 1.88. The van der Waals surface area contributed by atoms with Crippen LogP contribution in [0.3, 0.4) is 0 Å². The van der Waals surface area contributed by atoms with Gasteiger partial charge in [0.1, 0.15) is 11.4 Å². The molecule has 0 aliphatic rings. The van der Waals surface area contributed by atoms with Crippen molar-refractivity contribution in [2.45, 2.75) is 39.5 Å². The molecule has 0 aliphatic heterocycles. The molecule has 6 nitrogen and oxygen atoms in total. The summed E-state index contributed by atoms with van der Waals surface area (Å²) in [5, 5.41) is -0.530. The number of ketones is 1. The van der Waals surface area contributed by atoms with Gasteiger partial charge >= 0.3 is 5.69 Å². The highest BCUT2D eigenvalue weighted by Crippen LogP contribution is 2.10. The lowest BCUT2D eigenvalue weighted by molar-refractivity contribution is -0.117. The highest BCUT2D eigenvalue weighted by atomic mass is 16.2. The van der Waals surface area contributed by atoms with E-state index in [0.29, 0.717) is 4.57 Å². The average Bonchev–Trinajstić information content (AvgIpc) is 2.99. The molecule has 0 aromatic carbocycles. The standard InChI is InChI=1S/C14H19N3O3/c1-9-8-15-12-11(9)13(19)17(14(20)16(12)3)7-5-4-6-10(2)18/h8,15H,4-7H2,1-3H3/i1D3,2D3,3D3,6D2. The molecule has 2 aromatic rings. The van der Waals surface area contributed by atoms with Crippen molar-refractivity contribution in [3.05, 3.63) is 32.6 Å². The smallest absolute Gasteiger partial charge is 0.332 e. The second kappa shape index (κ2) is 5.48. The SMILES string of the molecule is [2H]C([2H])([2H])C(=O)C([2H])([2H])CCCn1c(=O)c2c(C([2H])([2H])[2H])c[nH]c2n(C([2H])([2H])[2H])c1=O. The first-order chi connectivity index (χ1) is 13.8. The van der Waals surface area contributed by atoms with E-state index in [1.165, 1.54) is 0 Å². The molecule has 2 heterocycles. The Hall–Kier alpha value is -2.11. The Bertz CT molecular complexity index is 1120. The number of hydrogen-bond acceptors (Lipinski definition) is 3. The van der Waals surface area contributed by atoms with Crippen molar-refractivity contribution in [3.8, 4) is 0 Å². The molecule has 1 N–H and O–H groups in total. The maximum atomic E-state index is 12.9. The molecule has 0 atom stereocenters. The van der Waals surface area contributed by atoms with E-state index in [9.17, 15) is 14.4 Å². The summed E-state index contributed by atoms with van der Waals surface area (Å²) < 4.78 is 82.4. The Morgan fingerprint density at radius 3 is 3.00 bits per heavy atom. The number of nitrogens with zero attached hydrogens (tertiary/aromatic N) is 2. The summed E-state index contributed by atoms with van der Waals surface area (Å²) in [6.45, 7) is -9.63. The van der Waals surface area contributed by atoms with Gasteiger partial charge in [0.2, 0.25) is 0 Å². The van der Waals surface area contributed by atoms with Crippen molar-refractivity contribution >= 4 is 16.8 Å². The summed E-state index contributed by atoms with van der Waals surface area (Å²) in [5.41, 5.74) is -3.38. The second-order valence-corrected chi connectivity index (χ2v) is 4.11. The molecule has 0 spiro atoms.